The number of hydrogen-bond acceptors (Lipinski definition) is 8. The van der Waals surface area contributed by atoms with Crippen molar-refractivity contribution in [1.29, 1.82) is 0 Å². The summed E-state index contributed by atoms with van der Waals surface area (Å²) in [6, 6.07) is 135. The summed E-state index contributed by atoms with van der Waals surface area (Å²) in [5.74, 6) is 0.234. The van der Waals surface area contributed by atoms with Crippen molar-refractivity contribution in [3.63, 3.8) is 0 Å². The Hall–Kier alpha value is -13.1. The molecule has 0 amide bonds. The van der Waals surface area contributed by atoms with Gasteiger partial charge in [-0.1, -0.05) is 437 Å². The van der Waals surface area contributed by atoms with Gasteiger partial charge in [0.15, 0.2) is 0 Å². The summed E-state index contributed by atoms with van der Waals surface area (Å²) < 4.78 is 0. The summed E-state index contributed by atoms with van der Waals surface area (Å²) >= 11 is 0. The van der Waals surface area contributed by atoms with Crippen LogP contribution in [0.25, 0.3) is 175 Å². The Kier molecular flexibility index (Phi) is 29.2. The molecule has 2 aliphatic carbocycles. The Balaban J connectivity index is 0.000000187. The molecule has 0 unspecified atom stereocenters. The molecule has 0 saturated heterocycles. The summed E-state index contributed by atoms with van der Waals surface area (Å²) in [7, 11) is 0. The topological polar surface area (TPSA) is 226 Å². The summed E-state index contributed by atoms with van der Waals surface area (Å²) in [6.45, 7) is 1.78. The summed E-state index contributed by atoms with van der Waals surface area (Å²) in [5, 5.41) is 92.6. The van der Waals surface area contributed by atoms with Crippen LogP contribution in [-0.2, 0) is 87.4 Å². The molecule has 0 spiro atoms. The van der Waals surface area contributed by atoms with E-state index in [1.807, 2.05) is 48.5 Å². The van der Waals surface area contributed by atoms with Crippen LogP contribution in [0.4, 0.5) is 0 Å². The number of rotatable bonds is 20. The monoisotopic (exact) mass is 1890 g/mol. The fraction of sp³-hybridized carbons (Fsp3) is 0.133. The third-order valence-electron chi connectivity index (χ3n) is 27.1. The molecule has 4 N–H and O–H groups in total. The van der Waals surface area contributed by atoms with E-state index in [4.69, 9.17) is 0 Å². The normalized spacial score (nSPS) is 14.7. The zero-order chi connectivity index (χ0) is 86.0. The predicted molar refractivity (Wildman–Crippen MR) is 529 cm³/mol. The van der Waals surface area contributed by atoms with Gasteiger partial charge < -0.3 is 58.1 Å². The smallest absolute Gasteiger partial charge is 2.00 e. The molecule has 2 saturated carbocycles. The Morgan fingerprint density at radius 2 is 0.353 bits per heavy atom. The van der Waals surface area contributed by atoms with Crippen LogP contribution in [0.2, 0.25) is 0 Å². The fourth-order valence-electron chi connectivity index (χ4n) is 20.9. The van der Waals surface area contributed by atoms with E-state index in [2.05, 4.69) is 361 Å². The van der Waals surface area contributed by atoms with Gasteiger partial charge in [-0.15, -0.1) is 0 Å². The standard InChI is InChI=1S/2C60H50N2O2.2Nb.3O/c2*63-59-45(35-43-23-9-13-27-49(43)57(59)55-47-25-11-7-21-41(47)31-33-51(55)39-17-3-1-4-18-39)37-61-53-29-15-16-30-54(53)62-38-46-36-44-24-10-14-28-50(44)58(60(46)64)56-48-26-12-8-22-42(48)32-34-52(56)40-19-5-2-6-20-40;;;;;/h2*1-14,17-28,31-36,53-54,61-64H,15-16,29-30,37-38H2;;;;;/q;;2*+5;3*-2/p-4/t2*53-,54-;;;;;/m00...../s1. The number of fused-ring (bicyclic) bond motifs is 8. The maximum Gasteiger partial charge on any atom is 5.00 e. The van der Waals surface area contributed by atoms with Gasteiger partial charge >= 0.3 is 44.8 Å². The Labute approximate surface area is 806 Å². The van der Waals surface area contributed by atoms with Gasteiger partial charge in [-0.25, -0.2) is 0 Å². The van der Waals surface area contributed by atoms with E-state index in [0.29, 0.717) is 26.2 Å². The third-order valence-corrected chi connectivity index (χ3v) is 27.1. The summed E-state index contributed by atoms with van der Waals surface area (Å²) in [4.78, 5) is 0. The maximum atomic E-state index is 15.1. The minimum absolute atomic E-state index is 0. The molecule has 0 bridgehead atoms. The minimum atomic E-state index is 0. The van der Waals surface area contributed by atoms with Gasteiger partial charge in [-0.3, -0.25) is 0 Å². The zero-order valence-electron chi connectivity index (χ0n) is 73.5. The van der Waals surface area contributed by atoms with Crippen molar-refractivity contribution in [2.75, 3.05) is 0 Å². The molecule has 0 aliphatic heterocycles. The molecule has 2 aliphatic rings. The predicted octanol–water partition coefficient (Wildman–Crippen LogP) is 26.2. The molecule has 133 heavy (non-hydrogen) atoms. The van der Waals surface area contributed by atoms with Crippen molar-refractivity contribution in [3.8, 4) is 112 Å². The van der Waals surface area contributed by atoms with Crippen molar-refractivity contribution in [2.45, 2.75) is 102 Å². The van der Waals surface area contributed by atoms with Crippen LogP contribution in [0.3, 0.4) is 0 Å². The van der Waals surface area contributed by atoms with E-state index in [0.717, 1.165) is 249 Å². The third kappa shape index (κ3) is 18.4. The van der Waals surface area contributed by atoms with E-state index in [1.165, 1.54) is 0 Å². The summed E-state index contributed by atoms with van der Waals surface area (Å²) in [6.07, 6.45) is 8.36. The van der Waals surface area contributed by atoms with Crippen molar-refractivity contribution in [1.82, 2.24) is 21.3 Å². The first kappa shape index (κ1) is 93.1. The second kappa shape index (κ2) is 41.8. The molecule has 4 atom stereocenters. The van der Waals surface area contributed by atoms with Gasteiger partial charge in [0.05, 0.1) is 0 Å². The van der Waals surface area contributed by atoms with Gasteiger partial charge in [-0.05, 0) is 223 Å². The summed E-state index contributed by atoms with van der Waals surface area (Å²) in [5.41, 5.74) is 18.5. The van der Waals surface area contributed by atoms with Crippen LogP contribution < -0.4 is 41.7 Å². The van der Waals surface area contributed by atoms with Gasteiger partial charge in [-0.2, -0.15) is 0 Å². The van der Waals surface area contributed by atoms with Crippen molar-refractivity contribution in [3.05, 3.63) is 411 Å². The molecule has 20 aromatic rings. The first-order valence-corrected chi connectivity index (χ1v) is 45.3. The van der Waals surface area contributed by atoms with Crippen LogP contribution in [0, 0.1) is 0 Å². The van der Waals surface area contributed by atoms with Gasteiger partial charge in [0.1, 0.15) is 0 Å². The molecule has 11 nitrogen and oxygen atoms in total. The maximum absolute atomic E-state index is 15.1. The van der Waals surface area contributed by atoms with Gasteiger partial charge in [0.2, 0.25) is 0 Å². The quantitative estimate of drug-likeness (QED) is 0.0536. The van der Waals surface area contributed by atoms with Crippen LogP contribution in [0.15, 0.2) is 388 Å². The van der Waals surface area contributed by atoms with Gasteiger partial charge in [0, 0.05) is 50.3 Å². The van der Waals surface area contributed by atoms with Crippen LogP contribution >= 0.6 is 0 Å². The Bertz CT molecular complexity index is 6680. The first-order chi connectivity index (χ1) is 63.2. The van der Waals surface area contributed by atoms with Crippen LogP contribution in [0.1, 0.15) is 73.6 Å². The molecule has 13 heteroatoms. The molecule has 22 rings (SSSR count). The van der Waals surface area contributed by atoms with E-state index in [1.54, 1.807) is 0 Å². The second-order valence-electron chi connectivity index (χ2n) is 34.7. The number of hydrogen-bond donors (Lipinski definition) is 4. The molecule has 0 heterocycles. The molecule has 0 radical (unpaired) electrons. The molecule has 648 valence electrons. The SMILES string of the molecule is [Nb+5].[Nb+5].[O-2].[O-2].[O-2].[O-]c1c(CN[C@H]2CCCC[C@@H]2NCc2cc3ccccc3c(-c3c(-c4ccccc4)ccc4ccccc34)c2[O-])cc2ccccc2c1-c1c(-c2ccccc2)ccc2ccccc12.[O-]c1c(CN[C@H]2CCCC[C@@H]2NCc2cc3ccccc3c(-c3c(-c4ccccc4)ccc4ccccc34)c2[O-])cc2ccccc2c1-c1c(-c2ccccc2)ccc2ccccc12. The largest absolute Gasteiger partial charge is 5.00 e. The average Bonchev–Trinajstić information content (AvgIpc) is 0.754. The fourth-order valence-corrected chi connectivity index (χ4v) is 20.9. The number of nitrogens with one attached hydrogen (secondary N) is 4. The Morgan fingerprint density at radius 3 is 0.549 bits per heavy atom. The molecule has 0 aromatic heterocycles. The van der Waals surface area contributed by atoms with E-state index in [9.17, 15) is 0 Å². The molecular weight excluding hydrogens is 1800 g/mol. The first-order valence-electron chi connectivity index (χ1n) is 45.3. The second-order valence-corrected chi connectivity index (χ2v) is 34.7. The average molecular weight is 1890 g/mol. The van der Waals surface area contributed by atoms with Crippen molar-refractivity contribution in [2.24, 2.45) is 0 Å². The molecular formula is C120H96N4Nb2O7. The van der Waals surface area contributed by atoms with Crippen molar-refractivity contribution < 1.29 is 81.6 Å². The van der Waals surface area contributed by atoms with E-state index < -0.39 is 0 Å². The van der Waals surface area contributed by atoms with Crippen LogP contribution in [-0.4, -0.2) is 24.2 Å². The van der Waals surface area contributed by atoms with Gasteiger partial charge in [0.25, 0.3) is 0 Å². The Morgan fingerprint density at radius 1 is 0.188 bits per heavy atom. The number of benzene rings is 20. The van der Waals surface area contributed by atoms with Crippen LogP contribution in [0.5, 0.6) is 23.0 Å². The molecule has 2 fully saturated rings. The van der Waals surface area contributed by atoms with Crippen molar-refractivity contribution >= 4 is 86.2 Å². The zero-order valence-corrected chi connectivity index (χ0v) is 77.9. The van der Waals surface area contributed by atoms with E-state index >= 15 is 20.4 Å². The molecule has 20 aromatic carbocycles. The van der Waals surface area contributed by atoms with E-state index in [-0.39, 0.29) is 108 Å². The minimum Gasteiger partial charge on any atom is -2.00 e.